The standard InChI is InChI=1S/C36H26N2O7/c1-20(39)45-24-14-10-22(11-15-24)34(41)32-31(33(40)23-12-16-28-29(18-23)44-19-43-28)36(25-7-3-4-8-26(25)37-35(36)42)30-17-13-21-6-2-5-9-27(21)38(30)32/h2-18,30-32H,19H2,1H3,(H,37,42)/t30-,31-,32+,36-/m1/s1. The number of Topliss-reactive ketones (excluding diaryl/α,β-unsaturated/α-hetero) is 2. The van der Waals surface area contributed by atoms with E-state index in [1.54, 1.807) is 42.5 Å². The van der Waals surface area contributed by atoms with E-state index < -0.39 is 29.4 Å². The van der Waals surface area contributed by atoms with E-state index >= 15 is 4.79 Å². The molecular formula is C36H26N2O7. The van der Waals surface area contributed by atoms with Crippen LogP contribution in [0.3, 0.4) is 0 Å². The van der Waals surface area contributed by atoms with Crippen LogP contribution in [0.2, 0.25) is 0 Å². The molecule has 45 heavy (non-hydrogen) atoms. The number of rotatable bonds is 5. The van der Waals surface area contributed by atoms with E-state index in [9.17, 15) is 14.4 Å². The number of carbonyl (C=O) groups excluding carboxylic acids is 4. The van der Waals surface area contributed by atoms with Gasteiger partial charge in [0.15, 0.2) is 23.1 Å². The van der Waals surface area contributed by atoms with Crippen molar-refractivity contribution in [1.82, 2.24) is 0 Å². The number of hydrogen-bond donors (Lipinski definition) is 1. The third kappa shape index (κ3) is 3.86. The van der Waals surface area contributed by atoms with Gasteiger partial charge in [-0.3, -0.25) is 19.2 Å². The Morgan fingerprint density at radius 1 is 0.867 bits per heavy atom. The summed E-state index contributed by atoms with van der Waals surface area (Å²) in [5, 5.41) is 3.03. The Hall–Kier alpha value is -5.70. The number of esters is 1. The lowest BCUT2D eigenvalue weighted by Crippen LogP contribution is -2.51. The van der Waals surface area contributed by atoms with Gasteiger partial charge >= 0.3 is 5.97 Å². The normalized spacial score (nSPS) is 23.3. The van der Waals surface area contributed by atoms with E-state index in [4.69, 9.17) is 14.2 Å². The van der Waals surface area contributed by atoms with Crippen LogP contribution in [0.15, 0.2) is 97.1 Å². The Morgan fingerprint density at radius 2 is 1.60 bits per heavy atom. The van der Waals surface area contributed by atoms with Gasteiger partial charge < -0.3 is 24.4 Å². The van der Waals surface area contributed by atoms with Gasteiger partial charge in [-0.2, -0.15) is 0 Å². The minimum atomic E-state index is -1.44. The molecule has 1 N–H and O–H groups in total. The number of ether oxygens (including phenoxy) is 3. The first-order valence-corrected chi connectivity index (χ1v) is 14.6. The number of nitrogens with zero attached hydrogens (tertiary/aromatic N) is 1. The van der Waals surface area contributed by atoms with Gasteiger partial charge in [-0.1, -0.05) is 48.6 Å². The maximum absolute atomic E-state index is 15.0. The van der Waals surface area contributed by atoms with Gasteiger partial charge in [0.25, 0.3) is 0 Å². The lowest BCUT2D eigenvalue weighted by molar-refractivity contribution is -0.131. The summed E-state index contributed by atoms with van der Waals surface area (Å²) in [6.45, 7) is 1.34. The average molecular weight is 599 g/mol. The van der Waals surface area contributed by atoms with Crippen molar-refractivity contribution in [2.75, 3.05) is 17.0 Å². The van der Waals surface area contributed by atoms with Crippen molar-refractivity contribution in [3.8, 4) is 17.2 Å². The highest BCUT2D eigenvalue weighted by Crippen LogP contribution is 2.58. The minimum absolute atomic E-state index is 0.0397. The van der Waals surface area contributed by atoms with Crippen LogP contribution in [-0.2, 0) is 15.0 Å². The number of ketones is 2. The second kappa shape index (κ2) is 9.92. The predicted octanol–water partition coefficient (Wildman–Crippen LogP) is 5.20. The molecule has 4 aliphatic heterocycles. The molecule has 0 saturated carbocycles. The van der Waals surface area contributed by atoms with Crippen LogP contribution in [0.1, 0.15) is 38.8 Å². The first kappa shape index (κ1) is 26.9. The molecule has 4 aliphatic rings. The zero-order valence-corrected chi connectivity index (χ0v) is 24.1. The van der Waals surface area contributed by atoms with Gasteiger partial charge in [-0.05, 0) is 65.7 Å². The van der Waals surface area contributed by atoms with Crippen molar-refractivity contribution in [3.63, 3.8) is 0 Å². The molecule has 9 nitrogen and oxygen atoms in total. The quantitative estimate of drug-likeness (QED) is 0.190. The van der Waals surface area contributed by atoms with Crippen LogP contribution in [0.25, 0.3) is 6.08 Å². The predicted molar refractivity (Wildman–Crippen MR) is 165 cm³/mol. The third-order valence-electron chi connectivity index (χ3n) is 9.15. The second-order valence-corrected chi connectivity index (χ2v) is 11.5. The summed E-state index contributed by atoms with van der Waals surface area (Å²) >= 11 is 0. The number of hydrogen-bond acceptors (Lipinski definition) is 8. The summed E-state index contributed by atoms with van der Waals surface area (Å²) in [4.78, 5) is 57.8. The molecule has 0 unspecified atom stereocenters. The molecular weight excluding hydrogens is 572 g/mol. The van der Waals surface area contributed by atoms with Gasteiger partial charge in [0.05, 0.1) is 12.0 Å². The van der Waals surface area contributed by atoms with Crippen molar-refractivity contribution in [1.29, 1.82) is 0 Å². The number of para-hydroxylation sites is 2. The molecule has 1 spiro atoms. The molecule has 4 aromatic carbocycles. The molecule has 222 valence electrons. The summed E-state index contributed by atoms with van der Waals surface area (Å²) in [6, 6.07) is 24.5. The fourth-order valence-electron chi connectivity index (χ4n) is 7.37. The van der Waals surface area contributed by atoms with Crippen LogP contribution in [0.4, 0.5) is 11.4 Å². The summed E-state index contributed by atoms with van der Waals surface area (Å²) < 4.78 is 16.3. The highest BCUT2D eigenvalue weighted by Gasteiger charge is 2.70. The van der Waals surface area contributed by atoms with Crippen molar-refractivity contribution in [3.05, 3.63) is 119 Å². The molecule has 4 heterocycles. The molecule has 4 aromatic rings. The van der Waals surface area contributed by atoms with Gasteiger partial charge in [0.2, 0.25) is 12.7 Å². The van der Waals surface area contributed by atoms with Crippen molar-refractivity contribution < 1.29 is 33.4 Å². The Kier molecular flexibility index (Phi) is 5.93. The van der Waals surface area contributed by atoms with E-state index in [1.165, 1.54) is 6.92 Å². The maximum Gasteiger partial charge on any atom is 0.308 e. The number of fused-ring (bicyclic) bond motifs is 7. The van der Waals surface area contributed by atoms with Crippen LogP contribution in [-0.4, -0.2) is 42.3 Å². The smallest absolute Gasteiger partial charge is 0.308 e. The number of anilines is 2. The summed E-state index contributed by atoms with van der Waals surface area (Å²) in [7, 11) is 0. The van der Waals surface area contributed by atoms with Gasteiger partial charge in [-0.25, -0.2) is 0 Å². The third-order valence-corrected chi connectivity index (χ3v) is 9.15. The minimum Gasteiger partial charge on any atom is -0.454 e. The van der Waals surface area contributed by atoms with Crippen molar-refractivity contribution in [2.45, 2.75) is 24.4 Å². The van der Waals surface area contributed by atoms with E-state index in [1.807, 2.05) is 65.6 Å². The molecule has 0 aromatic heterocycles. The zero-order valence-electron chi connectivity index (χ0n) is 24.1. The number of benzene rings is 4. The Labute approximate surface area is 258 Å². The molecule has 1 saturated heterocycles. The molecule has 1 amide bonds. The van der Waals surface area contributed by atoms with Crippen LogP contribution < -0.4 is 24.4 Å². The van der Waals surface area contributed by atoms with E-state index in [0.29, 0.717) is 39.6 Å². The lowest BCUT2D eigenvalue weighted by Gasteiger charge is -2.37. The summed E-state index contributed by atoms with van der Waals surface area (Å²) in [5.41, 5.74) is 2.07. The number of carbonyl (C=O) groups is 4. The largest absolute Gasteiger partial charge is 0.454 e. The fourth-order valence-corrected chi connectivity index (χ4v) is 7.37. The second-order valence-electron chi connectivity index (χ2n) is 11.5. The van der Waals surface area contributed by atoms with Gasteiger partial charge in [-0.15, -0.1) is 0 Å². The number of nitrogens with one attached hydrogen (secondary N) is 1. The first-order valence-electron chi connectivity index (χ1n) is 14.6. The maximum atomic E-state index is 15.0. The molecule has 0 aliphatic carbocycles. The Bertz CT molecular complexity index is 1970. The highest BCUT2D eigenvalue weighted by molar-refractivity contribution is 6.18. The molecule has 0 radical (unpaired) electrons. The monoisotopic (exact) mass is 598 g/mol. The highest BCUT2D eigenvalue weighted by atomic mass is 16.7. The molecule has 0 bridgehead atoms. The zero-order chi connectivity index (χ0) is 30.9. The fraction of sp³-hybridized carbons (Fsp3) is 0.167. The van der Waals surface area contributed by atoms with Crippen LogP contribution >= 0.6 is 0 Å². The van der Waals surface area contributed by atoms with Crippen LogP contribution in [0.5, 0.6) is 17.2 Å². The van der Waals surface area contributed by atoms with Crippen molar-refractivity contribution in [2.24, 2.45) is 5.92 Å². The molecule has 1 fully saturated rings. The summed E-state index contributed by atoms with van der Waals surface area (Å²) in [6.07, 6.45) is 3.89. The average Bonchev–Trinajstić information content (AvgIpc) is 3.73. The molecule has 9 heteroatoms. The first-order chi connectivity index (χ1) is 21.9. The number of amides is 1. The van der Waals surface area contributed by atoms with E-state index in [-0.39, 0.29) is 24.3 Å². The Morgan fingerprint density at radius 3 is 2.42 bits per heavy atom. The SMILES string of the molecule is CC(=O)Oc1ccc(C(=O)[C@@H]2[C@H](C(=O)c3ccc4c(c3)OCO4)[C@]3(C(=O)Nc4ccccc43)[C@H]3C=Cc4ccccc4N23)cc1. The summed E-state index contributed by atoms with van der Waals surface area (Å²) in [5.74, 6) is -1.43. The van der Waals surface area contributed by atoms with Crippen molar-refractivity contribution >= 4 is 40.9 Å². The topological polar surface area (TPSA) is 111 Å². The van der Waals surface area contributed by atoms with E-state index in [0.717, 1.165) is 11.3 Å². The van der Waals surface area contributed by atoms with Crippen LogP contribution in [0, 0.1) is 5.92 Å². The molecule has 4 atom stereocenters. The lowest BCUT2D eigenvalue weighted by atomic mass is 9.64. The Balaban J connectivity index is 1.36. The van der Waals surface area contributed by atoms with Gasteiger partial charge in [0, 0.05) is 29.4 Å². The van der Waals surface area contributed by atoms with E-state index in [2.05, 4.69) is 5.32 Å². The van der Waals surface area contributed by atoms with Gasteiger partial charge in [0.1, 0.15) is 17.2 Å². The molecule has 8 rings (SSSR count).